The molecule has 1 aromatic heterocycles. The summed E-state index contributed by atoms with van der Waals surface area (Å²) < 4.78 is 40.2. The van der Waals surface area contributed by atoms with Crippen LogP contribution in [-0.2, 0) is 23.9 Å². The first-order valence-electron chi connectivity index (χ1n) is 8.24. The van der Waals surface area contributed by atoms with E-state index >= 15 is 0 Å². The van der Waals surface area contributed by atoms with E-state index in [1.54, 1.807) is 19.2 Å². The van der Waals surface area contributed by atoms with Gasteiger partial charge in [0.1, 0.15) is 6.54 Å². The van der Waals surface area contributed by atoms with Crippen molar-refractivity contribution in [2.45, 2.75) is 26.1 Å². The maximum atomic E-state index is 13.0. The van der Waals surface area contributed by atoms with Crippen LogP contribution in [0.2, 0.25) is 0 Å². The molecule has 0 saturated heterocycles. The van der Waals surface area contributed by atoms with E-state index in [0.717, 1.165) is 28.8 Å². The fraction of sp³-hybridized carbons (Fsp3) is 0.200. The Balaban J connectivity index is 1.96. The highest BCUT2D eigenvalue weighted by Gasteiger charge is 2.30. The van der Waals surface area contributed by atoms with E-state index < -0.39 is 17.7 Å². The van der Waals surface area contributed by atoms with Crippen LogP contribution in [0.3, 0.4) is 0 Å². The van der Waals surface area contributed by atoms with E-state index in [1.165, 1.54) is 10.7 Å². The van der Waals surface area contributed by atoms with Crippen LogP contribution in [0.15, 0.2) is 54.7 Å². The molecule has 140 valence electrons. The predicted molar refractivity (Wildman–Crippen MR) is 94.3 cm³/mol. The predicted octanol–water partition coefficient (Wildman–Crippen LogP) is 4.55. The van der Waals surface area contributed by atoms with Crippen LogP contribution in [0.25, 0.3) is 11.1 Å². The van der Waals surface area contributed by atoms with Crippen molar-refractivity contribution >= 4 is 5.97 Å². The summed E-state index contributed by atoms with van der Waals surface area (Å²) in [6, 6.07) is 12.6. The van der Waals surface area contributed by atoms with Crippen LogP contribution < -0.4 is 0 Å². The van der Waals surface area contributed by atoms with Gasteiger partial charge in [-0.05, 0) is 36.1 Å². The van der Waals surface area contributed by atoms with Gasteiger partial charge in [0.2, 0.25) is 0 Å². The number of carboxylic acids is 1. The highest BCUT2D eigenvalue weighted by atomic mass is 19.4. The number of aliphatic carboxylic acids is 1. The molecule has 0 bridgehead atoms. The average Bonchev–Trinajstić information content (AvgIpc) is 2.95. The minimum atomic E-state index is -4.38. The molecular weight excluding hydrogens is 357 g/mol. The van der Waals surface area contributed by atoms with Crippen molar-refractivity contribution in [3.05, 3.63) is 77.1 Å². The van der Waals surface area contributed by atoms with Gasteiger partial charge in [-0.15, -0.1) is 0 Å². The van der Waals surface area contributed by atoms with Crippen LogP contribution in [-0.4, -0.2) is 20.9 Å². The number of halogens is 3. The molecule has 0 atom stereocenters. The van der Waals surface area contributed by atoms with Crippen molar-refractivity contribution < 1.29 is 23.1 Å². The van der Waals surface area contributed by atoms with Crippen LogP contribution in [0.5, 0.6) is 0 Å². The summed E-state index contributed by atoms with van der Waals surface area (Å²) in [5.41, 5.74) is 2.99. The number of nitrogens with zero attached hydrogens (tertiary/aromatic N) is 2. The second-order valence-corrected chi connectivity index (χ2v) is 6.23. The van der Waals surface area contributed by atoms with Gasteiger partial charge in [-0.2, -0.15) is 18.3 Å². The van der Waals surface area contributed by atoms with Gasteiger partial charge in [0.05, 0.1) is 11.8 Å². The molecule has 1 N–H and O–H groups in total. The number of carbonyl (C=O) groups is 1. The normalized spacial score (nSPS) is 11.6. The molecular formula is C20H17F3N2O2. The van der Waals surface area contributed by atoms with Gasteiger partial charge < -0.3 is 5.11 Å². The van der Waals surface area contributed by atoms with Crippen molar-refractivity contribution in [1.29, 1.82) is 0 Å². The third-order valence-corrected chi connectivity index (χ3v) is 4.34. The lowest BCUT2D eigenvalue weighted by molar-refractivity contribution is -0.138. The Morgan fingerprint density at radius 2 is 1.85 bits per heavy atom. The van der Waals surface area contributed by atoms with Gasteiger partial charge in [0.25, 0.3) is 0 Å². The largest absolute Gasteiger partial charge is 0.480 e. The molecule has 0 fully saturated rings. The quantitative estimate of drug-likeness (QED) is 0.713. The summed E-state index contributed by atoms with van der Waals surface area (Å²) in [7, 11) is 0. The number of hydrogen-bond acceptors (Lipinski definition) is 2. The number of benzene rings is 2. The Morgan fingerprint density at radius 1 is 1.11 bits per heavy atom. The van der Waals surface area contributed by atoms with Crippen molar-refractivity contribution in [3.8, 4) is 11.1 Å². The zero-order valence-corrected chi connectivity index (χ0v) is 14.5. The van der Waals surface area contributed by atoms with E-state index in [1.807, 2.05) is 24.3 Å². The Hall–Kier alpha value is -3.09. The van der Waals surface area contributed by atoms with Crippen LogP contribution in [0.1, 0.15) is 22.4 Å². The molecule has 3 rings (SSSR count). The Morgan fingerprint density at radius 3 is 2.56 bits per heavy atom. The average molecular weight is 374 g/mol. The second-order valence-electron chi connectivity index (χ2n) is 6.23. The van der Waals surface area contributed by atoms with E-state index in [-0.39, 0.29) is 6.54 Å². The summed E-state index contributed by atoms with van der Waals surface area (Å²) in [6.07, 6.45) is -2.48. The van der Waals surface area contributed by atoms with Crippen molar-refractivity contribution in [1.82, 2.24) is 9.78 Å². The molecule has 1 heterocycles. The molecule has 27 heavy (non-hydrogen) atoms. The van der Waals surface area contributed by atoms with Gasteiger partial charge in [-0.25, -0.2) is 0 Å². The van der Waals surface area contributed by atoms with Gasteiger partial charge in [-0.3, -0.25) is 9.48 Å². The summed E-state index contributed by atoms with van der Waals surface area (Å²) >= 11 is 0. The number of alkyl halides is 3. The van der Waals surface area contributed by atoms with Crippen molar-refractivity contribution in [2.24, 2.45) is 0 Å². The maximum Gasteiger partial charge on any atom is 0.416 e. The van der Waals surface area contributed by atoms with Gasteiger partial charge >= 0.3 is 12.1 Å². The smallest absolute Gasteiger partial charge is 0.416 e. The number of hydrogen-bond donors (Lipinski definition) is 1. The maximum absolute atomic E-state index is 13.0. The Bertz CT molecular complexity index is 977. The minimum absolute atomic E-state index is 0.248. The summed E-state index contributed by atoms with van der Waals surface area (Å²) in [6.45, 7) is 1.52. The lowest BCUT2D eigenvalue weighted by Crippen LogP contribution is -2.11. The van der Waals surface area contributed by atoms with Crippen LogP contribution in [0, 0.1) is 6.92 Å². The fourth-order valence-electron chi connectivity index (χ4n) is 3.01. The minimum Gasteiger partial charge on any atom is -0.480 e. The SMILES string of the molecule is Cc1c(-c2ccccc2Cc2cccc(C(F)(F)F)c2)cnn1CC(=O)O. The first-order chi connectivity index (χ1) is 12.8. The molecule has 2 aromatic carbocycles. The molecule has 0 unspecified atom stereocenters. The first kappa shape index (κ1) is 18.7. The zero-order valence-electron chi connectivity index (χ0n) is 14.5. The van der Waals surface area contributed by atoms with E-state index in [2.05, 4.69) is 5.10 Å². The topological polar surface area (TPSA) is 55.1 Å². The molecule has 0 radical (unpaired) electrons. The van der Waals surface area contributed by atoms with Gasteiger partial charge in [-0.1, -0.05) is 42.5 Å². The second kappa shape index (κ2) is 7.26. The standard InChI is InChI=1S/C20H17F3N2O2/c1-13-18(11-24-25(13)12-19(26)27)17-8-3-2-6-15(17)9-14-5-4-7-16(10-14)20(21,22)23/h2-8,10-11H,9,12H2,1H3,(H,26,27). The first-order valence-corrected chi connectivity index (χ1v) is 8.24. The number of aromatic nitrogens is 2. The van der Waals surface area contributed by atoms with Gasteiger partial charge in [0, 0.05) is 11.3 Å². The third-order valence-electron chi connectivity index (χ3n) is 4.34. The Kier molecular flexibility index (Phi) is 5.03. The number of rotatable bonds is 5. The molecule has 0 amide bonds. The lowest BCUT2D eigenvalue weighted by Gasteiger charge is -2.12. The summed E-state index contributed by atoms with van der Waals surface area (Å²) in [5.74, 6) is -0.995. The lowest BCUT2D eigenvalue weighted by atomic mass is 9.94. The zero-order chi connectivity index (χ0) is 19.6. The molecule has 3 aromatic rings. The summed E-state index contributed by atoms with van der Waals surface area (Å²) in [5, 5.41) is 13.1. The molecule has 0 saturated carbocycles. The molecule has 0 aliphatic rings. The molecule has 0 spiro atoms. The Labute approximate surface area is 153 Å². The fourth-order valence-corrected chi connectivity index (χ4v) is 3.01. The number of carboxylic acid groups (broad SMARTS) is 1. The van der Waals surface area contributed by atoms with E-state index in [4.69, 9.17) is 5.11 Å². The molecule has 7 heteroatoms. The van der Waals surface area contributed by atoms with Gasteiger partial charge in [0.15, 0.2) is 0 Å². The van der Waals surface area contributed by atoms with E-state index in [0.29, 0.717) is 17.7 Å². The third kappa shape index (κ3) is 4.19. The van der Waals surface area contributed by atoms with Crippen molar-refractivity contribution in [2.75, 3.05) is 0 Å². The monoisotopic (exact) mass is 374 g/mol. The highest BCUT2D eigenvalue weighted by Crippen LogP contribution is 2.32. The van der Waals surface area contributed by atoms with Crippen LogP contribution in [0.4, 0.5) is 13.2 Å². The molecule has 0 aliphatic heterocycles. The van der Waals surface area contributed by atoms with Crippen molar-refractivity contribution in [3.63, 3.8) is 0 Å². The van der Waals surface area contributed by atoms with Crippen LogP contribution >= 0.6 is 0 Å². The van der Waals surface area contributed by atoms with E-state index in [9.17, 15) is 18.0 Å². The molecule has 0 aliphatic carbocycles. The summed E-state index contributed by atoms with van der Waals surface area (Å²) in [4.78, 5) is 10.9. The highest BCUT2D eigenvalue weighted by molar-refractivity contribution is 5.71. The molecule has 4 nitrogen and oxygen atoms in total.